The third kappa shape index (κ3) is 9.02. The van der Waals surface area contributed by atoms with Gasteiger partial charge < -0.3 is 0 Å². The van der Waals surface area contributed by atoms with Crippen molar-refractivity contribution in [1.82, 2.24) is 0 Å². The van der Waals surface area contributed by atoms with Crippen LogP contribution >= 0.6 is 47.0 Å². The fourth-order valence-electron chi connectivity index (χ4n) is 4.70. The summed E-state index contributed by atoms with van der Waals surface area (Å²) in [5.41, 5.74) is 2.27. The van der Waals surface area contributed by atoms with E-state index >= 15 is 0 Å². The van der Waals surface area contributed by atoms with Crippen LogP contribution in [0.2, 0.25) is 0 Å². The van der Waals surface area contributed by atoms with Crippen molar-refractivity contribution >= 4 is 79.1 Å². The molecule has 0 aromatic heterocycles. The number of benzene rings is 4. The van der Waals surface area contributed by atoms with E-state index in [0.29, 0.717) is 22.3 Å². The molecule has 48 heavy (non-hydrogen) atoms. The Morgan fingerprint density at radius 2 is 0.521 bits per heavy atom. The molecule has 240 valence electrons. The molecule has 0 heterocycles. The summed E-state index contributed by atoms with van der Waals surface area (Å²) < 4.78 is 0. The summed E-state index contributed by atoms with van der Waals surface area (Å²) in [5.74, 6) is -1.34. The third-order valence-electron chi connectivity index (χ3n) is 7.25. The van der Waals surface area contributed by atoms with E-state index < -0.39 is 11.6 Å². The van der Waals surface area contributed by atoms with Gasteiger partial charge >= 0.3 is 0 Å². The molecule has 1 aliphatic carbocycles. The van der Waals surface area contributed by atoms with E-state index in [9.17, 15) is 28.8 Å². The van der Waals surface area contributed by atoms with Crippen LogP contribution in [0.5, 0.6) is 0 Å². The van der Waals surface area contributed by atoms with Crippen molar-refractivity contribution in [3.8, 4) is 0 Å². The number of carbonyl (C=O) groups excluding carboxylic acids is 6. The largest absolute Gasteiger partial charge is 0.289 e. The van der Waals surface area contributed by atoms with Crippen molar-refractivity contribution in [3.05, 3.63) is 166 Å². The molecule has 6 nitrogen and oxygen atoms in total. The zero-order valence-corrected chi connectivity index (χ0v) is 28.7. The number of Topliss-reactive ketones (excluding diaryl/α,β-unsaturated/α-hetero) is 2. The van der Waals surface area contributed by atoms with Gasteiger partial charge in [0.1, 0.15) is 0 Å². The second-order valence-corrected chi connectivity index (χ2v) is 14.1. The average molecular weight is 709 g/mol. The summed E-state index contributed by atoms with van der Waals surface area (Å²) in [5, 5.41) is -1.09. The zero-order valence-electron chi connectivity index (χ0n) is 25.5. The smallest absolute Gasteiger partial charge is 0.219 e. The van der Waals surface area contributed by atoms with Gasteiger partial charge in [-0.15, -0.1) is 0 Å². The minimum atomic E-state index is -0.471. The van der Waals surface area contributed by atoms with Crippen LogP contribution in [0, 0.1) is 0 Å². The SMILES string of the molecule is O=C1C(CSC(=O)c2ccccc2)=C(CSC(=O)c2ccccc2)C(=O)C(CSC(=O)c2ccccc2)=C1CSC(=O)c1ccccc1. The van der Waals surface area contributed by atoms with Crippen LogP contribution < -0.4 is 0 Å². The number of carbonyl (C=O) groups is 6. The number of hydrogen-bond donors (Lipinski definition) is 0. The lowest BCUT2D eigenvalue weighted by Gasteiger charge is -2.23. The Morgan fingerprint density at radius 1 is 0.333 bits per heavy atom. The summed E-state index contributed by atoms with van der Waals surface area (Å²) in [7, 11) is 0. The molecule has 4 aromatic carbocycles. The molecule has 10 heteroatoms. The van der Waals surface area contributed by atoms with Crippen LogP contribution in [0.25, 0.3) is 0 Å². The monoisotopic (exact) mass is 708 g/mol. The highest BCUT2D eigenvalue weighted by atomic mass is 32.2. The highest BCUT2D eigenvalue weighted by Crippen LogP contribution is 2.35. The average Bonchev–Trinajstić information content (AvgIpc) is 3.14. The Kier molecular flexibility index (Phi) is 12.6. The van der Waals surface area contributed by atoms with Gasteiger partial charge in [0.15, 0.2) is 11.6 Å². The Bertz CT molecular complexity index is 1630. The van der Waals surface area contributed by atoms with Gasteiger partial charge in [-0.25, -0.2) is 0 Å². The Hall–Kier alpha value is -4.22. The minimum absolute atomic E-state index is 0.0993. The summed E-state index contributed by atoms with van der Waals surface area (Å²) in [6.45, 7) is 0. The fourth-order valence-corrected chi connectivity index (χ4v) is 8.24. The molecule has 1 aliphatic rings. The Labute approximate surface area is 295 Å². The van der Waals surface area contributed by atoms with Gasteiger partial charge in [-0.2, -0.15) is 0 Å². The van der Waals surface area contributed by atoms with E-state index in [0.717, 1.165) is 47.0 Å². The van der Waals surface area contributed by atoms with Gasteiger partial charge in [0, 0.05) is 67.6 Å². The highest BCUT2D eigenvalue weighted by Gasteiger charge is 2.35. The molecule has 4 aromatic rings. The molecular formula is C38H28O6S4. The number of ketones is 2. The first kappa shape index (κ1) is 35.1. The van der Waals surface area contributed by atoms with Gasteiger partial charge in [0.2, 0.25) is 20.5 Å². The lowest BCUT2D eigenvalue weighted by Crippen LogP contribution is -2.29. The van der Waals surface area contributed by atoms with Crippen LogP contribution in [-0.2, 0) is 9.59 Å². The molecule has 0 spiro atoms. The number of thioether (sulfide) groups is 4. The summed E-state index contributed by atoms with van der Waals surface area (Å²) in [6, 6.07) is 34.4. The second kappa shape index (κ2) is 17.3. The topological polar surface area (TPSA) is 102 Å². The van der Waals surface area contributed by atoms with Crippen molar-refractivity contribution < 1.29 is 28.8 Å². The summed E-state index contributed by atoms with van der Waals surface area (Å²) >= 11 is 3.59. The van der Waals surface area contributed by atoms with Crippen LogP contribution in [0.1, 0.15) is 41.4 Å². The fraction of sp³-hybridized carbons (Fsp3) is 0.105. The van der Waals surface area contributed by atoms with Gasteiger partial charge in [-0.1, -0.05) is 168 Å². The van der Waals surface area contributed by atoms with E-state index in [1.165, 1.54) is 0 Å². The molecule has 0 saturated heterocycles. The van der Waals surface area contributed by atoms with Crippen LogP contribution in [0.3, 0.4) is 0 Å². The normalized spacial score (nSPS) is 13.1. The third-order valence-corrected chi connectivity index (χ3v) is 11.0. The van der Waals surface area contributed by atoms with E-state index in [2.05, 4.69) is 0 Å². The molecule has 5 rings (SSSR count). The lowest BCUT2D eigenvalue weighted by atomic mass is 9.86. The van der Waals surface area contributed by atoms with Crippen molar-refractivity contribution in [2.75, 3.05) is 23.0 Å². The molecule has 0 unspecified atom stereocenters. The van der Waals surface area contributed by atoms with Crippen LogP contribution in [0.4, 0.5) is 0 Å². The van der Waals surface area contributed by atoms with Crippen LogP contribution in [-0.4, -0.2) is 55.0 Å². The van der Waals surface area contributed by atoms with Crippen molar-refractivity contribution in [2.24, 2.45) is 0 Å². The second-order valence-electron chi connectivity index (χ2n) is 10.3. The van der Waals surface area contributed by atoms with E-state index in [1.807, 2.05) is 0 Å². The minimum Gasteiger partial charge on any atom is -0.289 e. The maximum absolute atomic E-state index is 14.3. The van der Waals surface area contributed by atoms with Gasteiger partial charge in [-0.05, 0) is 0 Å². The molecule has 0 saturated carbocycles. The van der Waals surface area contributed by atoms with Crippen molar-refractivity contribution in [2.45, 2.75) is 0 Å². The van der Waals surface area contributed by atoms with E-state index in [4.69, 9.17) is 0 Å². The molecule has 0 atom stereocenters. The quantitative estimate of drug-likeness (QED) is 0.135. The Balaban J connectivity index is 1.47. The Morgan fingerprint density at radius 3 is 0.708 bits per heavy atom. The molecule has 0 radical (unpaired) electrons. The van der Waals surface area contributed by atoms with E-state index in [1.54, 1.807) is 121 Å². The first-order chi connectivity index (χ1) is 23.3. The molecule has 0 aliphatic heterocycles. The standard InChI is InChI=1S/C38H28O6S4/c39-33-29(21-45-35(41)25-13-5-1-6-14-25)30(22-46-36(42)26-15-7-2-8-16-26)34(40)32(24-48-38(44)28-19-11-4-12-20-28)31(33)23-47-37(43)27-17-9-3-10-18-27/h1-20H,21-24H2. The van der Waals surface area contributed by atoms with E-state index in [-0.39, 0.29) is 65.8 Å². The van der Waals surface area contributed by atoms with Crippen molar-refractivity contribution in [3.63, 3.8) is 0 Å². The van der Waals surface area contributed by atoms with Crippen LogP contribution in [0.15, 0.2) is 144 Å². The number of rotatable bonds is 12. The zero-order chi connectivity index (χ0) is 33.9. The maximum atomic E-state index is 14.3. The van der Waals surface area contributed by atoms with Gasteiger partial charge in [0.25, 0.3) is 0 Å². The summed E-state index contributed by atoms with van der Waals surface area (Å²) in [4.78, 5) is 80.8. The first-order valence-corrected chi connectivity index (χ1v) is 18.7. The molecule has 0 amide bonds. The van der Waals surface area contributed by atoms with Crippen molar-refractivity contribution in [1.29, 1.82) is 0 Å². The maximum Gasteiger partial charge on any atom is 0.219 e. The highest BCUT2D eigenvalue weighted by molar-refractivity contribution is 8.15. The number of hydrogen-bond acceptors (Lipinski definition) is 10. The molecule has 0 fully saturated rings. The van der Waals surface area contributed by atoms with Gasteiger partial charge in [-0.3, -0.25) is 28.8 Å². The molecular weight excluding hydrogens is 681 g/mol. The predicted molar refractivity (Wildman–Crippen MR) is 197 cm³/mol. The molecule has 0 N–H and O–H groups in total. The first-order valence-electron chi connectivity index (χ1n) is 14.8. The summed E-state index contributed by atoms with van der Waals surface area (Å²) in [6.07, 6.45) is 0. The lowest BCUT2D eigenvalue weighted by molar-refractivity contribution is -0.116. The molecule has 0 bridgehead atoms. The predicted octanol–water partition coefficient (Wildman–Crippen LogP) is 8.03. The van der Waals surface area contributed by atoms with Gasteiger partial charge in [0.05, 0.1) is 0 Å².